The Hall–Kier alpha value is -1.49. The van der Waals surface area contributed by atoms with Crippen molar-refractivity contribution >= 4 is 23.6 Å². The Bertz CT molecular complexity index is 576. The summed E-state index contributed by atoms with van der Waals surface area (Å²) in [4.78, 5) is 27.3. The van der Waals surface area contributed by atoms with Gasteiger partial charge in [0.1, 0.15) is 6.04 Å². The van der Waals surface area contributed by atoms with Crippen LogP contribution in [-0.4, -0.2) is 47.9 Å². The minimum atomic E-state index is -0.434. The highest BCUT2D eigenvalue weighted by Crippen LogP contribution is 2.17. The predicted molar refractivity (Wildman–Crippen MR) is 100 cm³/mol. The van der Waals surface area contributed by atoms with Crippen molar-refractivity contribution in [1.82, 2.24) is 10.2 Å². The molecule has 0 aromatic heterocycles. The molecule has 132 valence electrons. The lowest BCUT2D eigenvalue weighted by atomic mass is 9.99. The van der Waals surface area contributed by atoms with Crippen LogP contribution < -0.4 is 5.32 Å². The number of carbonyl (C=O) groups is 2. The molecule has 1 saturated heterocycles. The number of nitrogens with one attached hydrogen (secondary N) is 1. The van der Waals surface area contributed by atoms with Gasteiger partial charge < -0.3 is 10.2 Å². The fourth-order valence-electron chi connectivity index (χ4n) is 3.13. The van der Waals surface area contributed by atoms with Gasteiger partial charge in [-0.25, -0.2) is 0 Å². The number of rotatable bonds is 6. The summed E-state index contributed by atoms with van der Waals surface area (Å²) in [5.74, 6) is 1.30. The number of benzene rings is 1. The third-order valence-electron chi connectivity index (χ3n) is 4.46. The molecule has 4 nitrogen and oxygen atoms in total. The van der Waals surface area contributed by atoms with Crippen molar-refractivity contribution in [2.75, 3.05) is 25.1 Å². The number of amides is 2. The van der Waals surface area contributed by atoms with Crippen LogP contribution in [0.2, 0.25) is 0 Å². The smallest absolute Gasteiger partial charge is 0.251 e. The largest absolute Gasteiger partial charge is 0.341 e. The molecule has 1 N–H and O–H groups in total. The molecule has 0 radical (unpaired) electrons. The highest BCUT2D eigenvalue weighted by molar-refractivity contribution is 7.98. The average Bonchev–Trinajstić information content (AvgIpc) is 2.57. The van der Waals surface area contributed by atoms with Gasteiger partial charge in [0.25, 0.3) is 5.91 Å². The summed E-state index contributed by atoms with van der Waals surface area (Å²) in [7, 11) is 0. The highest BCUT2D eigenvalue weighted by atomic mass is 32.2. The lowest BCUT2D eigenvalue weighted by Gasteiger charge is -2.33. The first-order chi connectivity index (χ1) is 11.5. The number of carbonyl (C=O) groups excluding carboxylic acids is 2. The van der Waals surface area contributed by atoms with E-state index in [-0.39, 0.29) is 11.8 Å². The number of thioether (sulfide) groups is 1. The van der Waals surface area contributed by atoms with Crippen molar-refractivity contribution in [2.45, 2.75) is 39.2 Å². The molecule has 0 aliphatic carbocycles. The fraction of sp³-hybridized carbons (Fsp3) is 0.579. The predicted octanol–water partition coefficient (Wildman–Crippen LogP) is 3.11. The SMILES string of the molecule is CSCCC(NC(=O)c1cccc(C)c1)C(=O)N1CCCC(C)C1. The van der Waals surface area contributed by atoms with Gasteiger partial charge >= 0.3 is 0 Å². The second kappa shape index (κ2) is 9.11. The molecule has 5 heteroatoms. The van der Waals surface area contributed by atoms with Crippen molar-refractivity contribution in [3.8, 4) is 0 Å². The van der Waals surface area contributed by atoms with Crippen LogP contribution in [0.25, 0.3) is 0 Å². The third-order valence-corrected chi connectivity index (χ3v) is 5.11. The van der Waals surface area contributed by atoms with Crippen LogP contribution in [0.4, 0.5) is 0 Å². The number of nitrogens with zero attached hydrogens (tertiary/aromatic N) is 1. The monoisotopic (exact) mass is 348 g/mol. The first-order valence-electron chi connectivity index (χ1n) is 8.66. The fourth-order valence-corrected chi connectivity index (χ4v) is 3.60. The van der Waals surface area contributed by atoms with Crippen LogP contribution in [-0.2, 0) is 4.79 Å². The number of hydrogen-bond donors (Lipinski definition) is 1. The van der Waals surface area contributed by atoms with E-state index in [1.54, 1.807) is 17.8 Å². The van der Waals surface area contributed by atoms with Crippen molar-refractivity contribution in [3.05, 3.63) is 35.4 Å². The summed E-state index contributed by atoms with van der Waals surface area (Å²) in [6.45, 7) is 5.75. The Kier molecular flexibility index (Phi) is 7.16. The summed E-state index contributed by atoms with van der Waals surface area (Å²) < 4.78 is 0. The molecule has 2 atom stereocenters. The van der Waals surface area contributed by atoms with Gasteiger partial charge in [0.15, 0.2) is 0 Å². The van der Waals surface area contributed by atoms with Gasteiger partial charge in [-0.15, -0.1) is 0 Å². The van der Waals surface area contributed by atoms with Crippen LogP contribution in [0.1, 0.15) is 42.1 Å². The highest BCUT2D eigenvalue weighted by Gasteiger charge is 2.28. The third kappa shape index (κ3) is 5.26. The first kappa shape index (κ1) is 18.8. The van der Waals surface area contributed by atoms with E-state index >= 15 is 0 Å². The zero-order valence-electron chi connectivity index (χ0n) is 14.9. The van der Waals surface area contributed by atoms with E-state index < -0.39 is 6.04 Å². The van der Waals surface area contributed by atoms with Crippen molar-refractivity contribution in [3.63, 3.8) is 0 Å². The molecule has 2 amide bonds. The van der Waals surface area contributed by atoms with Crippen molar-refractivity contribution in [2.24, 2.45) is 5.92 Å². The number of likely N-dealkylation sites (tertiary alicyclic amines) is 1. The molecule has 1 aliphatic rings. The molecule has 0 bridgehead atoms. The van der Waals surface area contributed by atoms with E-state index in [1.165, 1.54) is 6.42 Å². The minimum absolute atomic E-state index is 0.0663. The summed E-state index contributed by atoms with van der Waals surface area (Å²) in [6.07, 6.45) is 4.91. The number of aryl methyl sites for hydroxylation is 1. The summed E-state index contributed by atoms with van der Waals surface area (Å²) in [5, 5.41) is 2.96. The van der Waals surface area contributed by atoms with Crippen LogP contribution in [0.5, 0.6) is 0 Å². The maximum absolute atomic E-state index is 12.9. The topological polar surface area (TPSA) is 49.4 Å². The molecule has 1 aromatic carbocycles. The molecule has 2 rings (SSSR count). The molecule has 0 spiro atoms. The van der Waals surface area contributed by atoms with Gasteiger partial charge in [-0.05, 0) is 56.2 Å². The maximum Gasteiger partial charge on any atom is 0.251 e. The van der Waals surface area contributed by atoms with E-state index in [0.29, 0.717) is 17.9 Å². The molecule has 0 saturated carbocycles. The maximum atomic E-state index is 12.9. The Morgan fingerprint density at radius 3 is 2.88 bits per heavy atom. The molecular weight excluding hydrogens is 320 g/mol. The average molecular weight is 349 g/mol. The van der Waals surface area contributed by atoms with Gasteiger partial charge in [0.05, 0.1) is 0 Å². The van der Waals surface area contributed by atoms with Gasteiger partial charge in [0, 0.05) is 18.7 Å². The summed E-state index contributed by atoms with van der Waals surface area (Å²) >= 11 is 1.70. The van der Waals surface area contributed by atoms with E-state index in [2.05, 4.69) is 12.2 Å². The van der Waals surface area contributed by atoms with E-state index in [4.69, 9.17) is 0 Å². The standard InChI is InChI=1S/C19H28N2O2S/c1-14-6-4-8-16(12-14)18(22)20-17(9-11-24-3)19(23)21-10-5-7-15(2)13-21/h4,6,8,12,15,17H,5,7,9-11,13H2,1-3H3,(H,20,22). The second-order valence-electron chi connectivity index (χ2n) is 6.71. The first-order valence-corrected chi connectivity index (χ1v) is 10.1. The number of piperidine rings is 1. The molecule has 1 aromatic rings. The quantitative estimate of drug-likeness (QED) is 0.859. The van der Waals surface area contributed by atoms with E-state index in [0.717, 1.165) is 30.8 Å². The van der Waals surface area contributed by atoms with Crippen LogP contribution in [0.3, 0.4) is 0 Å². The molecule has 1 fully saturated rings. The van der Waals surface area contributed by atoms with Gasteiger partial charge in [0.2, 0.25) is 5.91 Å². The normalized spacial score (nSPS) is 19.0. The Balaban J connectivity index is 2.06. The summed E-state index contributed by atoms with van der Waals surface area (Å²) in [6, 6.07) is 7.05. The van der Waals surface area contributed by atoms with Crippen molar-refractivity contribution < 1.29 is 9.59 Å². The zero-order chi connectivity index (χ0) is 17.5. The number of hydrogen-bond acceptors (Lipinski definition) is 3. The minimum Gasteiger partial charge on any atom is -0.341 e. The van der Waals surface area contributed by atoms with Gasteiger partial charge in [-0.3, -0.25) is 9.59 Å². The molecular formula is C19H28N2O2S. The second-order valence-corrected chi connectivity index (χ2v) is 7.69. The molecule has 24 heavy (non-hydrogen) atoms. The molecule has 1 aliphatic heterocycles. The van der Waals surface area contributed by atoms with Crippen LogP contribution in [0.15, 0.2) is 24.3 Å². The summed E-state index contributed by atoms with van der Waals surface area (Å²) in [5.41, 5.74) is 1.66. The van der Waals surface area contributed by atoms with E-state index in [1.807, 2.05) is 36.3 Å². The zero-order valence-corrected chi connectivity index (χ0v) is 15.7. The van der Waals surface area contributed by atoms with Crippen molar-refractivity contribution in [1.29, 1.82) is 0 Å². The Morgan fingerprint density at radius 2 is 2.21 bits per heavy atom. The van der Waals surface area contributed by atoms with Crippen LogP contribution >= 0.6 is 11.8 Å². The van der Waals surface area contributed by atoms with E-state index in [9.17, 15) is 9.59 Å². The molecule has 1 heterocycles. The van der Waals surface area contributed by atoms with Crippen LogP contribution in [0, 0.1) is 12.8 Å². The Morgan fingerprint density at radius 1 is 1.42 bits per heavy atom. The Labute approximate surface area is 149 Å². The molecule has 2 unspecified atom stereocenters. The lowest BCUT2D eigenvalue weighted by Crippen LogP contribution is -2.51. The van der Waals surface area contributed by atoms with Gasteiger partial charge in [-0.1, -0.05) is 24.6 Å². The van der Waals surface area contributed by atoms with Gasteiger partial charge in [-0.2, -0.15) is 11.8 Å². The lowest BCUT2D eigenvalue weighted by molar-refractivity contribution is -0.135.